The Balaban J connectivity index is 2.63. The van der Waals surface area contributed by atoms with Crippen molar-refractivity contribution in [1.29, 1.82) is 0 Å². The lowest BCUT2D eigenvalue weighted by molar-refractivity contribution is -0.235. The molecule has 3 N–H and O–H groups in total. The second kappa shape index (κ2) is 8.15. The second-order valence-electron chi connectivity index (χ2n) is 6.20. The van der Waals surface area contributed by atoms with E-state index in [1.807, 2.05) is 25.1 Å². The van der Waals surface area contributed by atoms with E-state index in [4.69, 9.17) is 10.5 Å². The first-order chi connectivity index (χ1) is 12.7. The molecule has 0 saturated heterocycles. The minimum atomic E-state index is -4.91. The highest BCUT2D eigenvalue weighted by Crippen LogP contribution is 2.34. The fraction of sp³-hybridized carbons (Fsp3) is 0.333. The minimum Gasteiger partial charge on any atom is -0.493 e. The van der Waals surface area contributed by atoms with Gasteiger partial charge in [-0.05, 0) is 41.3 Å². The fourth-order valence-electron chi connectivity index (χ4n) is 2.94. The van der Waals surface area contributed by atoms with Crippen molar-refractivity contribution < 1.29 is 23.0 Å². The predicted molar refractivity (Wildman–Crippen MR) is 103 cm³/mol. The Morgan fingerprint density at radius 3 is 2.44 bits per heavy atom. The Morgan fingerprint density at radius 1 is 1.22 bits per heavy atom. The highest BCUT2D eigenvalue weighted by atomic mass is 19.4. The Labute approximate surface area is 156 Å². The van der Waals surface area contributed by atoms with Gasteiger partial charge in [-0.15, -0.1) is 0 Å². The van der Waals surface area contributed by atoms with E-state index in [9.17, 15) is 18.3 Å². The molecular weight excluding hydrogens is 355 g/mol. The lowest BCUT2D eigenvalue weighted by atomic mass is 9.94. The van der Waals surface area contributed by atoms with Crippen LogP contribution < -0.4 is 5.73 Å². The molecular formula is C21H24F3NO2. The third-order valence-electron chi connectivity index (χ3n) is 4.49. The van der Waals surface area contributed by atoms with Crippen molar-refractivity contribution in [2.24, 2.45) is 5.73 Å². The van der Waals surface area contributed by atoms with Crippen molar-refractivity contribution in [1.82, 2.24) is 0 Å². The molecule has 6 heteroatoms. The van der Waals surface area contributed by atoms with Crippen LogP contribution in [0.15, 0.2) is 43.0 Å². The van der Waals surface area contributed by atoms with Gasteiger partial charge in [0.15, 0.2) is 5.60 Å². The van der Waals surface area contributed by atoms with Gasteiger partial charge >= 0.3 is 6.18 Å². The number of alkyl halides is 3. The van der Waals surface area contributed by atoms with Crippen LogP contribution in [0.3, 0.4) is 0 Å². The van der Waals surface area contributed by atoms with Crippen molar-refractivity contribution in [3.8, 4) is 0 Å². The van der Waals surface area contributed by atoms with Crippen LogP contribution in [-0.2, 0) is 11.2 Å². The summed E-state index contributed by atoms with van der Waals surface area (Å²) in [4.78, 5) is 0. The first-order valence-electron chi connectivity index (χ1n) is 8.74. The van der Waals surface area contributed by atoms with E-state index in [1.54, 1.807) is 25.1 Å². The van der Waals surface area contributed by atoms with Gasteiger partial charge in [0.05, 0.1) is 6.61 Å². The van der Waals surface area contributed by atoms with Crippen LogP contribution >= 0.6 is 0 Å². The van der Waals surface area contributed by atoms with Crippen LogP contribution in [0.5, 0.6) is 0 Å². The highest BCUT2D eigenvalue weighted by Gasteiger charge is 2.51. The maximum atomic E-state index is 13.2. The number of fused-ring (bicyclic) bond motifs is 1. The van der Waals surface area contributed by atoms with Gasteiger partial charge in [0.1, 0.15) is 5.76 Å². The Hall–Kier alpha value is -2.31. The topological polar surface area (TPSA) is 55.5 Å². The summed E-state index contributed by atoms with van der Waals surface area (Å²) in [6, 6.07) is 9.11. The Kier molecular flexibility index (Phi) is 6.34. The molecule has 0 saturated carbocycles. The predicted octanol–water partition coefficient (Wildman–Crippen LogP) is 4.67. The molecule has 0 heterocycles. The van der Waals surface area contributed by atoms with Gasteiger partial charge in [0, 0.05) is 18.2 Å². The molecule has 1 unspecified atom stereocenters. The first kappa shape index (κ1) is 21.0. The molecule has 0 aliphatic rings. The molecule has 0 aliphatic heterocycles. The molecule has 0 fully saturated rings. The molecule has 2 aromatic rings. The fourth-order valence-corrected chi connectivity index (χ4v) is 2.94. The third kappa shape index (κ3) is 4.17. The van der Waals surface area contributed by atoms with Crippen LogP contribution in [0.2, 0.25) is 0 Å². The van der Waals surface area contributed by atoms with E-state index in [0.717, 1.165) is 28.3 Å². The number of benzene rings is 2. The molecule has 0 aliphatic carbocycles. The van der Waals surface area contributed by atoms with Gasteiger partial charge in [-0.1, -0.05) is 43.8 Å². The highest BCUT2D eigenvalue weighted by molar-refractivity contribution is 5.93. The zero-order valence-electron chi connectivity index (χ0n) is 15.4. The number of halogens is 3. The summed E-state index contributed by atoms with van der Waals surface area (Å²) in [7, 11) is 0. The molecule has 27 heavy (non-hydrogen) atoms. The third-order valence-corrected chi connectivity index (χ3v) is 4.49. The quantitative estimate of drug-likeness (QED) is 0.687. The largest absolute Gasteiger partial charge is 0.493 e. The Morgan fingerprint density at radius 2 is 1.93 bits per heavy atom. The SMILES string of the molecule is C=Cc1c(CC)ccc2cc(/C(=C/C(O)(CN)C(F)(F)F)OCC)ccc12. The monoisotopic (exact) mass is 379 g/mol. The van der Waals surface area contributed by atoms with E-state index in [-0.39, 0.29) is 12.4 Å². The molecule has 0 spiro atoms. The normalized spacial score (nSPS) is 14.9. The molecule has 3 nitrogen and oxygen atoms in total. The maximum Gasteiger partial charge on any atom is 0.422 e. The average Bonchev–Trinajstić information content (AvgIpc) is 2.65. The smallest absolute Gasteiger partial charge is 0.422 e. The van der Waals surface area contributed by atoms with Crippen molar-refractivity contribution in [2.45, 2.75) is 32.0 Å². The maximum absolute atomic E-state index is 13.2. The average molecular weight is 379 g/mol. The minimum absolute atomic E-state index is 0.0654. The molecule has 2 rings (SSSR count). The summed E-state index contributed by atoms with van der Waals surface area (Å²) >= 11 is 0. The van der Waals surface area contributed by atoms with E-state index < -0.39 is 18.3 Å². The summed E-state index contributed by atoms with van der Waals surface area (Å²) in [6.45, 7) is 6.71. The summed E-state index contributed by atoms with van der Waals surface area (Å²) in [5, 5.41) is 11.8. The lowest BCUT2D eigenvalue weighted by Gasteiger charge is -2.27. The van der Waals surface area contributed by atoms with Gasteiger partial charge in [-0.25, -0.2) is 0 Å². The van der Waals surface area contributed by atoms with E-state index in [2.05, 4.69) is 6.58 Å². The zero-order valence-corrected chi connectivity index (χ0v) is 15.4. The number of ether oxygens (including phenoxy) is 1. The lowest BCUT2D eigenvalue weighted by Crippen LogP contribution is -2.49. The Bertz CT molecular complexity index is 858. The zero-order chi connectivity index (χ0) is 20.2. The van der Waals surface area contributed by atoms with Crippen LogP contribution in [0.1, 0.15) is 30.5 Å². The van der Waals surface area contributed by atoms with Crippen LogP contribution in [0.25, 0.3) is 22.6 Å². The number of hydrogen-bond acceptors (Lipinski definition) is 3. The standard InChI is InChI=1S/C21H24F3NO2/c1-4-14-7-8-15-11-16(9-10-18(15)17(14)5-2)19(27-6-3)12-20(26,13-25)21(22,23)24/h5,7-12,26H,2,4,6,13,25H2,1,3H3/b19-12-. The van der Waals surface area contributed by atoms with Gasteiger partial charge in [0.2, 0.25) is 0 Å². The summed E-state index contributed by atoms with van der Waals surface area (Å²) in [5.74, 6) is -0.0654. The number of nitrogens with two attached hydrogens (primary N) is 1. The number of aliphatic hydroxyl groups is 1. The van der Waals surface area contributed by atoms with Crippen molar-refractivity contribution in [3.63, 3.8) is 0 Å². The molecule has 146 valence electrons. The summed E-state index contributed by atoms with van der Waals surface area (Å²) in [6.07, 6.45) is -1.64. The number of rotatable bonds is 7. The van der Waals surface area contributed by atoms with Gasteiger partial charge in [-0.2, -0.15) is 13.2 Å². The van der Waals surface area contributed by atoms with Crippen molar-refractivity contribution >= 4 is 22.6 Å². The second-order valence-corrected chi connectivity index (χ2v) is 6.20. The molecule has 1 atom stereocenters. The molecule has 2 aromatic carbocycles. The van der Waals surface area contributed by atoms with Crippen molar-refractivity contribution in [2.75, 3.05) is 13.2 Å². The molecule has 0 aromatic heterocycles. The van der Waals surface area contributed by atoms with E-state index >= 15 is 0 Å². The number of aryl methyl sites for hydroxylation is 1. The van der Waals surface area contributed by atoms with Crippen LogP contribution in [0.4, 0.5) is 13.2 Å². The molecule has 0 amide bonds. The number of hydrogen-bond donors (Lipinski definition) is 2. The van der Waals surface area contributed by atoms with Crippen molar-refractivity contribution in [3.05, 3.63) is 59.7 Å². The van der Waals surface area contributed by atoms with E-state index in [0.29, 0.717) is 11.6 Å². The summed E-state index contributed by atoms with van der Waals surface area (Å²) < 4.78 is 45.0. The van der Waals surface area contributed by atoms with Crippen LogP contribution in [0, 0.1) is 0 Å². The van der Waals surface area contributed by atoms with Gasteiger partial charge in [-0.3, -0.25) is 0 Å². The molecule has 0 radical (unpaired) electrons. The molecule has 0 bridgehead atoms. The van der Waals surface area contributed by atoms with Crippen LogP contribution in [-0.4, -0.2) is 30.0 Å². The van der Waals surface area contributed by atoms with Gasteiger partial charge in [0.25, 0.3) is 0 Å². The summed E-state index contributed by atoms with van der Waals surface area (Å²) in [5.41, 5.74) is 4.60. The van der Waals surface area contributed by atoms with E-state index in [1.165, 1.54) is 0 Å². The van der Waals surface area contributed by atoms with Gasteiger partial charge < -0.3 is 15.6 Å². The first-order valence-corrected chi connectivity index (χ1v) is 8.74.